The number of hydrogen-bond acceptors (Lipinski definition) is 12. The number of aromatic nitrogens is 1. The topological polar surface area (TPSA) is 155 Å². The second-order valence-corrected chi connectivity index (χ2v) is 10.5. The van der Waals surface area contributed by atoms with E-state index in [1.54, 1.807) is 11.5 Å². The number of β-lactam (4-membered cyclic amide) rings is 1. The third kappa shape index (κ3) is 6.75. The SMILES string of the molecule is CO/N=C(\C(=O)NC1C(=O)N2C(C(=O)OC(COC(C)C)COC(C)C)=CCS[C@H]12)c1csc(N)n1. The molecule has 1 aromatic heterocycles. The van der Waals surface area contributed by atoms with Gasteiger partial charge in [-0.25, -0.2) is 9.78 Å². The quantitative estimate of drug-likeness (QED) is 0.170. The fraction of sp³-hybridized carbons (Fsp3) is 0.591. The molecular formula is C22H31N5O7S2. The van der Waals surface area contributed by atoms with Crippen LogP contribution < -0.4 is 11.1 Å². The van der Waals surface area contributed by atoms with E-state index in [0.29, 0.717) is 5.75 Å². The van der Waals surface area contributed by atoms with Crippen LogP contribution in [-0.4, -0.2) is 89.2 Å². The second kappa shape index (κ2) is 12.5. The monoisotopic (exact) mass is 541 g/mol. The summed E-state index contributed by atoms with van der Waals surface area (Å²) >= 11 is 2.56. The maximum absolute atomic E-state index is 13.0. The number of thioether (sulfide) groups is 1. The first-order valence-corrected chi connectivity index (χ1v) is 13.3. The smallest absolute Gasteiger partial charge is 0.355 e. The summed E-state index contributed by atoms with van der Waals surface area (Å²) in [5.41, 5.74) is 5.92. The number of fused-ring (bicyclic) bond motifs is 1. The van der Waals surface area contributed by atoms with Crippen LogP contribution >= 0.6 is 23.1 Å². The minimum Gasteiger partial charge on any atom is -0.453 e. The van der Waals surface area contributed by atoms with E-state index in [4.69, 9.17) is 24.8 Å². The first kappa shape index (κ1) is 27.9. The number of carbonyl (C=O) groups is 3. The number of oxime groups is 1. The number of nitrogens with one attached hydrogen (secondary N) is 1. The van der Waals surface area contributed by atoms with Gasteiger partial charge in [-0.15, -0.1) is 23.1 Å². The Bertz CT molecular complexity index is 1010. The number of nitrogens with two attached hydrogens (primary N) is 1. The molecule has 3 N–H and O–H groups in total. The van der Waals surface area contributed by atoms with Gasteiger partial charge < -0.3 is 30.1 Å². The molecule has 2 aliphatic rings. The van der Waals surface area contributed by atoms with Crippen LogP contribution in [0.3, 0.4) is 0 Å². The molecule has 2 atom stereocenters. The number of rotatable bonds is 12. The summed E-state index contributed by atoms with van der Waals surface area (Å²) in [6, 6.07) is -0.860. The second-order valence-electron chi connectivity index (χ2n) is 8.46. The van der Waals surface area contributed by atoms with Gasteiger partial charge in [-0.1, -0.05) is 5.16 Å². The van der Waals surface area contributed by atoms with Crippen LogP contribution in [0.15, 0.2) is 22.3 Å². The van der Waals surface area contributed by atoms with Gasteiger partial charge in [0.25, 0.3) is 11.8 Å². The summed E-state index contributed by atoms with van der Waals surface area (Å²) in [7, 11) is 1.30. The zero-order chi connectivity index (χ0) is 26.4. The number of carbonyl (C=O) groups excluding carboxylic acids is 3. The van der Waals surface area contributed by atoms with Gasteiger partial charge in [-0.05, 0) is 33.8 Å². The van der Waals surface area contributed by atoms with E-state index in [1.165, 1.54) is 23.8 Å². The molecule has 0 radical (unpaired) electrons. The third-order valence-corrected chi connectivity index (χ3v) is 6.87. The van der Waals surface area contributed by atoms with Crippen LogP contribution in [0.2, 0.25) is 0 Å². The van der Waals surface area contributed by atoms with E-state index in [0.717, 1.165) is 11.3 Å². The highest BCUT2D eigenvalue weighted by molar-refractivity contribution is 8.00. The van der Waals surface area contributed by atoms with Gasteiger partial charge >= 0.3 is 5.97 Å². The van der Waals surface area contributed by atoms with Crippen molar-refractivity contribution in [2.75, 3.05) is 31.8 Å². The van der Waals surface area contributed by atoms with Crippen LogP contribution in [0.25, 0.3) is 0 Å². The van der Waals surface area contributed by atoms with Gasteiger partial charge in [-0.2, -0.15) is 0 Å². The van der Waals surface area contributed by atoms with E-state index >= 15 is 0 Å². The summed E-state index contributed by atoms with van der Waals surface area (Å²) in [4.78, 5) is 49.0. The highest BCUT2D eigenvalue weighted by Crippen LogP contribution is 2.38. The molecular weight excluding hydrogens is 510 g/mol. The van der Waals surface area contributed by atoms with E-state index in [-0.39, 0.29) is 47.7 Å². The number of ether oxygens (including phenoxy) is 3. The Kier molecular flexibility index (Phi) is 9.70. The van der Waals surface area contributed by atoms with Crippen molar-refractivity contribution in [3.05, 3.63) is 22.8 Å². The molecule has 1 unspecified atom stereocenters. The zero-order valence-corrected chi connectivity index (χ0v) is 22.4. The van der Waals surface area contributed by atoms with Crippen molar-refractivity contribution in [2.45, 2.75) is 57.4 Å². The summed E-state index contributed by atoms with van der Waals surface area (Å²) in [5.74, 6) is -1.27. The van der Waals surface area contributed by atoms with E-state index in [2.05, 4.69) is 15.5 Å². The van der Waals surface area contributed by atoms with Crippen LogP contribution in [0, 0.1) is 0 Å². The summed E-state index contributed by atoms with van der Waals surface area (Å²) in [6.07, 6.45) is 0.905. The Labute approximate surface area is 217 Å². The average Bonchev–Trinajstić information content (AvgIpc) is 3.27. The number of thiazole rings is 1. The van der Waals surface area contributed by atoms with E-state index in [1.807, 2.05) is 27.7 Å². The van der Waals surface area contributed by atoms with Crippen LogP contribution in [0.5, 0.6) is 0 Å². The lowest BCUT2D eigenvalue weighted by atomic mass is 10.0. The molecule has 0 bridgehead atoms. The van der Waals surface area contributed by atoms with Gasteiger partial charge in [0.15, 0.2) is 10.8 Å². The number of anilines is 1. The molecule has 198 valence electrons. The Hall–Kier alpha value is -2.68. The van der Waals surface area contributed by atoms with Crippen LogP contribution in [-0.2, 0) is 33.4 Å². The van der Waals surface area contributed by atoms with Crippen molar-refractivity contribution in [3.63, 3.8) is 0 Å². The number of nitrogen functional groups attached to an aromatic ring is 1. The number of esters is 1. The largest absolute Gasteiger partial charge is 0.453 e. The summed E-state index contributed by atoms with van der Waals surface area (Å²) in [5, 5.41) is 7.76. The Morgan fingerprint density at radius 3 is 2.47 bits per heavy atom. The predicted octanol–water partition coefficient (Wildman–Crippen LogP) is 1.12. The van der Waals surface area contributed by atoms with Crippen molar-refractivity contribution in [1.29, 1.82) is 0 Å². The Morgan fingerprint density at radius 2 is 1.92 bits per heavy atom. The normalized spacial score (nSPS) is 19.8. The first-order chi connectivity index (χ1) is 17.1. The Balaban J connectivity index is 1.66. The molecule has 1 aromatic rings. The molecule has 3 heterocycles. The fourth-order valence-electron chi connectivity index (χ4n) is 3.36. The van der Waals surface area contributed by atoms with E-state index < -0.39 is 35.3 Å². The maximum atomic E-state index is 13.0. The van der Waals surface area contributed by atoms with Gasteiger partial charge in [-0.3, -0.25) is 14.5 Å². The molecule has 0 aliphatic carbocycles. The number of hydrogen-bond donors (Lipinski definition) is 2. The molecule has 14 heteroatoms. The summed E-state index contributed by atoms with van der Waals surface area (Å²) < 4.78 is 16.8. The number of nitrogens with zero attached hydrogens (tertiary/aromatic N) is 3. The molecule has 2 amide bonds. The molecule has 1 saturated heterocycles. The van der Waals surface area contributed by atoms with Crippen molar-refractivity contribution in [3.8, 4) is 0 Å². The molecule has 3 rings (SSSR count). The van der Waals surface area contributed by atoms with Gasteiger partial charge in [0.1, 0.15) is 36.0 Å². The van der Waals surface area contributed by atoms with Gasteiger partial charge in [0.05, 0.1) is 25.4 Å². The molecule has 1 fully saturated rings. The molecule has 0 saturated carbocycles. The predicted molar refractivity (Wildman–Crippen MR) is 135 cm³/mol. The fourth-order valence-corrected chi connectivity index (χ4v) is 5.10. The van der Waals surface area contributed by atoms with Crippen molar-refractivity contribution < 1.29 is 33.4 Å². The van der Waals surface area contributed by atoms with Crippen LogP contribution in [0.1, 0.15) is 33.4 Å². The Morgan fingerprint density at radius 1 is 1.25 bits per heavy atom. The van der Waals surface area contributed by atoms with Gasteiger partial charge in [0, 0.05) is 11.1 Å². The standard InChI is InChI=1S/C22H31N5O7S2/c1-11(2)32-8-13(9-33-12(3)4)34-21(30)15-6-7-35-20-17(19(29)27(15)20)25-18(28)16(26-31-5)14-10-36-22(23)24-14/h6,10-13,17,20H,7-9H2,1-5H3,(H2,23,24)(H,25,28)/b26-16-/t17?,20-/m1/s1. The lowest BCUT2D eigenvalue weighted by Gasteiger charge is -2.48. The average molecular weight is 542 g/mol. The zero-order valence-electron chi connectivity index (χ0n) is 20.8. The lowest BCUT2D eigenvalue weighted by molar-refractivity contribution is -0.161. The maximum Gasteiger partial charge on any atom is 0.355 e. The molecule has 36 heavy (non-hydrogen) atoms. The van der Waals surface area contributed by atoms with Gasteiger partial charge in [0.2, 0.25) is 0 Å². The molecule has 12 nitrogen and oxygen atoms in total. The molecule has 2 aliphatic heterocycles. The van der Waals surface area contributed by atoms with Crippen LogP contribution in [0.4, 0.5) is 5.13 Å². The van der Waals surface area contributed by atoms with Crippen molar-refractivity contribution >= 4 is 51.7 Å². The molecule has 0 spiro atoms. The lowest BCUT2D eigenvalue weighted by Crippen LogP contribution is -2.70. The summed E-state index contributed by atoms with van der Waals surface area (Å²) in [6.45, 7) is 7.85. The minimum absolute atomic E-state index is 0.0477. The third-order valence-electron chi connectivity index (χ3n) is 5.01. The number of amides is 2. The first-order valence-electron chi connectivity index (χ1n) is 11.3. The molecule has 0 aromatic carbocycles. The van der Waals surface area contributed by atoms with E-state index in [9.17, 15) is 14.4 Å². The highest BCUT2D eigenvalue weighted by atomic mass is 32.2. The van der Waals surface area contributed by atoms with Crippen molar-refractivity contribution in [1.82, 2.24) is 15.2 Å². The van der Waals surface area contributed by atoms with Crippen molar-refractivity contribution in [2.24, 2.45) is 5.16 Å². The highest BCUT2D eigenvalue weighted by Gasteiger charge is 2.53. The minimum atomic E-state index is -0.860.